The first-order valence-electron chi connectivity index (χ1n) is 10.1. The van der Waals surface area contributed by atoms with E-state index >= 15 is 0 Å². The van der Waals surface area contributed by atoms with Crippen LogP contribution >= 0.6 is 0 Å². The largest absolute Gasteiger partial charge is 0.506 e. The molecule has 31 heavy (non-hydrogen) atoms. The summed E-state index contributed by atoms with van der Waals surface area (Å²) in [7, 11) is 0. The van der Waals surface area contributed by atoms with E-state index in [-0.39, 0.29) is 5.57 Å². The first-order valence-corrected chi connectivity index (χ1v) is 10.1. The summed E-state index contributed by atoms with van der Waals surface area (Å²) >= 11 is 0. The smallest absolute Gasteiger partial charge is 0.325 e. The lowest BCUT2D eigenvalue weighted by molar-refractivity contribution is -0.154. The minimum Gasteiger partial charge on any atom is -0.506 e. The van der Waals surface area contributed by atoms with Gasteiger partial charge in [-0.2, -0.15) is 0 Å². The fourth-order valence-electron chi connectivity index (χ4n) is 3.60. The average molecular weight is 421 g/mol. The predicted molar refractivity (Wildman–Crippen MR) is 118 cm³/mol. The molecule has 2 N–H and O–H groups in total. The van der Waals surface area contributed by atoms with Gasteiger partial charge in [-0.15, -0.1) is 0 Å². The highest BCUT2D eigenvalue weighted by Crippen LogP contribution is 2.41. The Morgan fingerprint density at radius 3 is 2.29 bits per heavy atom. The van der Waals surface area contributed by atoms with Crippen LogP contribution in [0.4, 0.5) is 0 Å². The van der Waals surface area contributed by atoms with Gasteiger partial charge in [0.25, 0.3) is 5.91 Å². The molecular weight excluding hydrogens is 394 g/mol. The fourth-order valence-corrected chi connectivity index (χ4v) is 3.60. The third kappa shape index (κ3) is 4.53. The quantitative estimate of drug-likeness (QED) is 0.576. The maximum absolute atomic E-state index is 13.1. The van der Waals surface area contributed by atoms with E-state index in [0.717, 1.165) is 11.1 Å². The first kappa shape index (κ1) is 22.3. The zero-order valence-electron chi connectivity index (χ0n) is 18.4. The van der Waals surface area contributed by atoms with Crippen molar-refractivity contribution in [2.45, 2.75) is 45.6 Å². The number of fused-ring (bicyclic) bond motifs is 1. The Morgan fingerprint density at radius 1 is 1.03 bits per heavy atom. The molecule has 0 unspecified atom stereocenters. The van der Waals surface area contributed by atoms with Crippen molar-refractivity contribution in [3.05, 3.63) is 65.2 Å². The van der Waals surface area contributed by atoms with Crippen molar-refractivity contribution in [1.82, 2.24) is 5.32 Å². The van der Waals surface area contributed by atoms with Gasteiger partial charge in [0.1, 0.15) is 23.5 Å². The minimum atomic E-state index is -1.02. The summed E-state index contributed by atoms with van der Waals surface area (Å²) in [6, 6.07) is 15.1. The lowest BCUT2D eigenvalue weighted by atomic mass is 9.70. The van der Waals surface area contributed by atoms with Crippen molar-refractivity contribution in [2.24, 2.45) is 0 Å². The molecule has 1 amide bonds. The van der Waals surface area contributed by atoms with Crippen molar-refractivity contribution < 1.29 is 24.2 Å². The van der Waals surface area contributed by atoms with Crippen molar-refractivity contribution in [2.75, 3.05) is 6.54 Å². The van der Waals surface area contributed by atoms with Crippen molar-refractivity contribution in [3.63, 3.8) is 0 Å². The highest BCUT2D eigenvalue weighted by molar-refractivity contribution is 6.28. The maximum atomic E-state index is 13.1. The number of carbonyl (C=O) groups excluding carboxylic acids is 3. The van der Waals surface area contributed by atoms with E-state index < -0.39 is 41.0 Å². The number of ether oxygens (including phenoxy) is 1. The third-order valence-electron chi connectivity index (χ3n) is 5.13. The van der Waals surface area contributed by atoms with E-state index in [1.807, 2.05) is 36.4 Å². The number of amides is 1. The minimum absolute atomic E-state index is 0.355. The summed E-state index contributed by atoms with van der Waals surface area (Å²) in [5, 5.41) is 13.3. The molecule has 2 aromatic rings. The molecule has 6 nitrogen and oxygen atoms in total. The zero-order valence-corrected chi connectivity index (χ0v) is 18.4. The van der Waals surface area contributed by atoms with Crippen LogP contribution in [-0.2, 0) is 24.5 Å². The highest BCUT2D eigenvalue weighted by atomic mass is 16.6. The number of ketones is 1. The van der Waals surface area contributed by atoms with E-state index in [9.17, 15) is 19.5 Å². The number of hydrogen-bond donors (Lipinski definition) is 2. The molecule has 6 heteroatoms. The van der Waals surface area contributed by atoms with Gasteiger partial charge < -0.3 is 15.2 Å². The van der Waals surface area contributed by atoms with Crippen LogP contribution < -0.4 is 5.32 Å². The van der Waals surface area contributed by atoms with Gasteiger partial charge in [-0.05, 0) is 57.4 Å². The maximum Gasteiger partial charge on any atom is 0.325 e. The number of hydrogen-bond acceptors (Lipinski definition) is 5. The first-order chi connectivity index (χ1) is 14.4. The van der Waals surface area contributed by atoms with Crippen molar-refractivity contribution in [3.8, 4) is 11.1 Å². The van der Waals surface area contributed by atoms with Gasteiger partial charge in [0.05, 0.1) is 5.41 Å². The molecule has 1 aliphatic carbocycles. The van der Waals surface area contributed by atoms with Crippen LogP contribution in [0.3, 0.4) is 0 Å². The van der Waals surface area contributed by atoms with Crippen LogP contribution in [0.5, 0.6) is 0 Å². The summed E-state index contributed by atoms with van der Waals surface area (Å²) in [6.07, 6.45) is 0. The molecule has 2 aromatic carbocycles. The van der Waals surface area contributed by atoms with Gasteiger partial charge in [0.15, 0.2) is 5.78 Å². The van der Waals surface area contributed by atoms with Crippen molar-refractivity contribution >= 4 is 23.4 Å². The SMILES string of the molecule is CC(C)(C)OC(=O)CNC(=O)C1=C(O)c2cc(-c3ccccc3)ccc2C(C)(C)C1=O. The number of carbonyl (C=O) groups is 3. The molecule has 0 atom stereocenters. The van der Waals surface area contributed by atoms with Crippen molar-refractivity contribution in [1.29, 1.82) is 0 Å². The molecule has 0 bridgehead atoms. The Morgan fingerprint density at radius 2 is 1.68 bits per heavy atom. The second-order valence-corrected chi connectivity index (χ2v) is 9.07. The summed E-state index contributed by atoms with van der Waals surface area (Å²) in [5.41, 5.74) is 0.792. The molecule has 0 saturated carbocycles. The van der Waals surface area contributed by atoms with E-state index in [0.29, 0.717) is 11.1 Å². The van der Waals surface area contributed by atoms with Gasteiger partial charge in [-0.3, -0.25) is 14.4 Å². The van der Waals surface area contributed by atoms with Gasteiger partial charge >= 0.3 is 5.97 Å². The number of rotatable bonds is 4. The summed E-state index contributed by atoms with van der Waals surface area (Å²) in [6.45, 7) is 8.17. The van der Waals surface area contributed by atoms with E-state index in [1.165, 1.54) is 0 Å². The lowest BCUT2D eigenvalue weighted by Gasteiger charge is -2.32. The monoisotopic (exact) mass is 421 g/mol. The fraction of sp³-hybridized carbons (Fsp3) is 0.320. The molecule has 0 radical (unpaired) electrons. The van der Waals surface area contributed by atoms with Gasteiger partial charge in [0, 0.05) is 5.56 Å². The van der Waals surface area contributed by atoms with Gasteiger partial charge in [-0.25, -0.2) is 0 Å². The van der Waals surface area contributed by atoms with Gasteiger partial charge in [-0.1, -0.05) is 42.5 Å². The van der Waals surface area contributed by atoms with Crippen LogP contribution in [0, 0.1) is 0 Å². The number of Topliss-reactive ketones (excluding diaryl/α,β-unsaturated/α-hetero) is 1. The zero-order chi connectivity index (χ0) is 23.0. The summed E-state index contributed by atoms with van der Waals surface area (Å²) < 4.78 is 5.17. The van der Waals surface area contributed by atoms with E-state index in [2.05, 4.69) is 5.32 Å². The summed E-state index contributed by atoms with van der Waals surface area (Å²) in [5.74, 6) is -2.34. The molecule has 1 aliphatic rings. The summed E-state index contributed by atoms with van der Waals surface area (Å²) in [4.78, 5) is 37.8. The van der Waals surface area contributed by atoms with E-state index in [1.54, 1.807) is 46.8 Å². The molecule has 0 heterocycles. The Kier molecular flexibility index (Phi) is 5.77. The normalized spacial score (nSPS) is 15.3. The number of aliphatic hydroxyl groups excluding tert-OH is 1. The Hall–Kier alpha value is -3.41. The molecule has 0 saturated heterocycles. The molecule has 0 spiro atoms. The second-order valence-electron chi connectivity index (χ2n) is 9.07. The topological polar surface area (TPSA) is 92.7 Å². The molecule has 3 rings (SSSR count). The number of aliphatic hydroxyl groups is 1. The Labute approximate surface area is 181 Å². The number of benzene rings is 2. The Bertz CT molecular complexity index is 1070. The van der Waals surface area contributed by atoms with Crippen LogP contribution in [-0.4, -0.2) is 34.9 Å². The van der Waals surface area contributed by atoms with Crippen LogP contribution in [0.15, 0.2) is 54.1 Å². The molecular formula is C25H27NO5. The molecule has 0 fully saturated rings. The standard InChI is InChI=1S/C25H27NO5/c1-24(2,3)31-19(27)14-26-23(30)20-21(28)17-13-16(15-9-7-6-8-10-15)11-12-18(17)25(4,5)22(20)29/h6-13,28H,14H2,1-5H3,(H,26,30). The average Bonchev–Trinajstić information content (AvgIpc) is 2.70. The van der Waals surface area contributed by atoms with E-state index in [4.69, 9.17) is 4.74 Å². The van der Waals surface area contributed by atoms with Crippen LogP contribution in [0.25, 0.3) is 16.9 Å². The van der Waals surface area contributed by atoms with Gasteiger partial charge in [0.2, 0.25) is 0 Å². The van der Waals surface area contributed by atoms with Crippen LogP contribution in [0.2, 0.25) is 0 Å². The second kappa shape index (κ2) is 8.02. The van der Waals surface area contributed by atoms with Crippen LogP contribution in [0.1, 0.15) is 45.7 Å². The third-order valence-corrected chi connectivity index (χ3v) is 5.13. The molecule has 0 aliphatic heterocycles. The number of nitrogens with one attached hydrogen (secondary N) is 1. The lowest BCUT2D eigenvalue weighted by Crippen LogP contribution is -2.43. The molecule has 0 aromatic heterocycles. The highest BCUT2D eigenvalue weighted by Gasteiger charge is 2.43. The Balaban J connectivity index is 1.97. The number of esters is 1. The predicted octanol–water partition coefficient (Wildman–Crippen LogP) is 3.94. The molecule has 162 valence electrons.